The molecule has 0 radical (unpaired) electrons. The van der Waals surface area contributed by atoms with Crippen LogP contribution in [0.15, 0.2) is 39.3 Å². The molecule has 0 saturated carbocycles. The van der Waals surface area contributed by atoms with E-state index in [-0.39, 0.29) is 5.91 Å². The Kier molecular flexibility index (Phi) is 6.33. The van der Waals surface area contributed by atoms with Gasteiger partial charge in [-0.1, -0.05) is 27.5 Å². The first-order valence-corrected chi connectivity index (χ1v) is 8.69. The molecule has 2 aromatic carbocycles. The molecule has 4 nitrogen and oxygen atoms in total. The second-order valence-corrected chi connectivity index (χ2v) is 6.68. The molecule has 23 heavy (non-hydrogen) atoms. The zero-order chi connectivity index (χ0) is 17.0. The molecule has 1 N–H and O–H groups in total. The summed E-state index contributed by atoms with van der Waals surface area (Å²) in [5.41, 5.74) is 0.958. The highest BCUT2D eigenvalue weighted by Crippen LogP contribution is 2.37. The third-order valence-corrected chi connectivity index (χ3v) is 4.35. The zero-order valence-corrected chi connectivity index (χ0v) is 16.4. The summed E-state index contributed by atoms with van der Waals surface area (Å²) in [7, 11) is 1.53. The van der Waals surface area contributed by atoms with Crippen molar-refractivity contribution in [2.45, 2.75) is 6.92 Å². The molecular weight excluding hydrogens is 449 g/mol. The van der Waals surface area contributed by atoms with Gasteiger partial charge in [0, 0.05) is 10.0 Å². The number of carbonyl (C=O) groups excluding carboxylic acids is 1. The van der Waals surface area contributed by atoms with Gasteiger partial charge in [0.15, 0.2) is 11.5 Å². The number of rotatable bonds is 5. The van der Waals surface area contributed by atoms with Gasteiger partial charge in [-0.3, -0.25) is 4.79 Å². The Hall–Kier alpha value is -1.24. The van der Waals surface area contributed by atoms with Crippen molar-refractivity contribution < 1.29 is 14.3 Å². The van der Waals surface area contributed by atoms with Gasteiger partial charge < -0.3 is 14.8 Å². The number of ether oxygens (including phenoxy) is 2. The smallest absolute Gasteiger partial charge is 0.255 e. The number of anilines is 1. The molecule has 0 spiro atoms. The Labute approximate surface area is 156 Å². The number of benzene rings is 2. The maximum Gasteiger partial charge on any atom is 0.255 e. The molecule has 2 rings (SSSR count). The van der Waals surface area contributed by atoms with Crippen molar-refractivity contribution in [1.82, 2.24) is 0 Å². The predicted octanol–water partition coefficient (Wildman–Crippen LogP) is 5.52. The maximum atomic E-state index is 12.4. The molecule has 122 valence electrons. The van der Waals surface area contributed by atoms with Gasteiger partial charge in [0.1, 0.15) is 0 Å². The number of amides is 1. The fourth-order valence-electron chi connectivity index (χ4n) is 1.92. The van der Waals surface area contributed by atoms with E-state index in [0.717, 1.165) is 4.47 Å². The predicted molar refractivity (Wildman–Crippen MR) is 99.0 cm³/mol. The lowest BCUT2D eigenvalue weighted by Gasteiger charge is -2.14. The summed E-state index contributed by atoms with van der Waals surface area (Å²) in [5.74, 6) is 0.748. The molecule has 0 aliphatic carbocycles. The number of methoxy groups -OCH3 is 1. The minimum Gasteiger partial charge on any atom is -0.493 e. The highest BCUT2D eigenvalue weighted by molar-refractivity contribution is 9.10. The molecule has 0 atom stereocenters. The van der Waals surface area contributed by atoms with Crippen molar-refractivity contribution in [3.05, 3.63) is 49.9 Å². The summed E-state index contributed by atoms with van der Waals surface area (Å²) in [6.45, 7) is 2.37. The van der Waals surface area contributed by atoms with Crippen LogP contribution in [0.25, 0.3) is 0 Å². The van der Waals surface area contributed by atoms with E-state index >= 15 is 0 Å². The fraction of sp³-hybridized carbons (Fsp3) is 0.188. The Morgan fingerprint density at radius 1 is 1.26 bits per heavy atom. The maximum absolute atomic E-state index is 12.4. The van der Waals surface area contributed by atoms with Gasteiger partial charge in [-0.25, -0.2) is 0 Å². The summed E-state index contributed by atoms with van der Waals surface area (Å²) >= 11 is 12.8. The van der Waals surface area contributed by atoms with Crippen LogP contribution in [0.5, 0.6) is 11.5 Å². The first-order valence-electron chi connectivity index (χ1n) is 6.73. The Morgan fingerprint density at radius 3 is 2.61 bits per heavy atom. The Balaban J connectivity index is 2.30. The summed E-state index contributed by atoms with van der Waals surface area (Å²) in [6.07, 6.45) is 0. The second kappa shape index (κ2) is 8.04. The van der Waals surface area contributed by atoms with Crippen LogP contribution >= 0.6 is 43.5 Å². The molecule has 7 heteroatoms. The van der Waals surface area contributed by atoms with Crippen LogP contribution in [-0.4, -0.2) is 19.6 Å². The van der Waals surface area contributed by atoms with Gasteiger partial charge in [-0.2, -0.15) is 0 Å². The van der Waals surface area contributed by atoms with Crippen LogP contribution in [0.1, 0.15) is 17.3 Å². The van der Waals surface area contributed by atoms with Crippen molar-refractivity contribution >= 4 is 55.1 Å². The van der Waals surface area contributed by atoms with Crippen molar-refractivity contribution in [3.8, 4) is 11.5 Å². The molecule has 0 bridgehead atoms. The molecular formula is C16H14Br2ClNO3. The SMILES string of the molecule is CCOc1c(Br)cc(C(=O)Nc2ccc(Br)cc2Cl)cc1OC. The number of halogens is 3. The molecule has 0 unspecified atom stereocenters. The van der Waals surface area contributed by atoms with E-state index in [1.807, 2.05) is 6.92 Å². The first-order chi connectivity index (χ1) is 11.0. The van der Waals surface area contributed by atoms with Gasteiger partial charge in [0.2, 0.25) is 0 Å². The monoisotopic (exact) mass is 461 g/mol. The first kappa shape index (κ1) is 18.1. The average molecular weight is 464 g/mol. The minimum atomic E-state index is -0.295. The molecule has 0 heterocycles. The minimum absolute atomic E-state index is 0.295. The summed E-state index contributed by atoms with van der Waals surface area (Å²) < 4.78 is 12.3. The van der Waals surface area contributed by atoms with E-state index in [9.17, 15) is 4.79 Å². The zero-order valence-electron chi connectivity index (χ0n) is 12.5. The Morgan fingerprint density at radius 2 is 2.00 bits per heavy atom. The standard InChI is InChI=1S/C16H14Br2ClNO3/c1-3-23-15-11(18)6-9(7-14(15)22-2)16(21)20-13-5-4-10(17)8-12(13)19/h4-8H,3H2,1-2H3,(H,20,21). The molecule has 0 aromatic heterocycles. The second-order valence-electron chi connectivity index (χ2n) is 4.50. The van der Waals surface area contributed by atoms with E-state index in [1.165, 1.54) is 7.11 Å². The van der Waals surface area contributed by atoms with Crippen LogP contribution < -0.4 is 14.8 Å². The van der Waals surface area contributed by atoms with E-state index in [4.69, 9.17) is 21.1 Å². The largest absolute Gasteiger partial charge is 0.493 e. The highest BCUT2D eigenvalue weighted by atomic mass is 79.9. The topological polar surface area (TPSA) is 47.6 Å². The number of carbonyl (C=O) groups is 1. The summed E-state index contributed by atoms with van der Waals surface area (Å²) in [4.78, 5) is 12.4. The van der Waals surface area contributed by atoms with Crippen molar-refractivity contribution in [2.24, 2.45) is 0 Å². The van der Waals surface area contributed by atoms with Crippen LogP contribution in [0, 0.1) is 0 Å². The lowest BCUT2D eigenvalue weighted by atomic mass is 10.1. The van der Waals surface area contributed by atoms with Crippen molar-refractivity contribution in [2.75, 3.05) is 19.0 Å². The number of hydrogen-bond donors (Lipinski definition) is 1. The summed E-state index contributed by atoms with van der Waals surface area (Å²) in [6, 6.07) is 8.54. The highest BCUT2D eigenvalue weighted by Gasteiger charge is 2.16. The van der Waals surface area contributed by atoms with Crippen LogP contribution in [-0.2, 0) is 0 Å². The van der Waals surface area contributed by atoms with Crippen molar-refractivity contribution in [3.63, 3.8) is 0 Å². The molecule has 1 amide bonds. The van der Waals surface area contributed by atoms with Crippen molar-refractivity contribution in [1.29, 1.82) is 0 Å². The van der Waals surface area contributed by atoms with E-state index in [1.54, 1.807) is 30.3 Å². The van der Waals surface area contributed by atoms with E-state index in [2.05, 4.69) is 37.2 Å². The fourth-order valence-corrected chi connectivity index (χ4v) is 3.20. The average Bonchev–Trinajstić information content (AvgIpc) is 2.51. The molecule has 0 aliphatic rings. The number of nitrogens with one attached hydrogen (secondary N) is 1. The third-order valence-electron chi connectivity index (χ3n) is 2.96. The van der Waals surface area contributed by atoms with Gasteiger partial charge in [0.25, 0.3) is 5.91 Å². The van der Waals surface area contributed by atoms with Gasteiger partial charge in [-0.05, 0) is 53.2 Å². The normalized spacial score (nSPS) is 10.3. The van der Waals surface area contributed by atoms with Crippen LogP contribution in [0.2, 0.25) is 5.02 Å². The lowest BCUT2D eigenvalue weighted by Crippen LogP contribution is -2.13. The van der Waals surface area contributed by atoms with Gasteiger partial charge in [-0.15, -0.1) is 0 Å². The Bertz CT molecular complexity index is 738. The summed E-state index contributed by atoms with van der Waals surface area (Å²) in [5, 5.41) is 3.22. The quantitative estimate of drug-likeness (QED) is 0.635. The molecule has 0 aliphatic heterocycles. The molecule has 2 aromatic rings. The lowest BCUT2D eigenvalue weighted by molar-refractivity contribution is 0.102. The number of hydrogen-bond acceptors (Lipinski definition) is 3. The third kappa shape index (κ3) is 4.40. The van der Waals surface area contributed by atoms with Gasteiger partial charge >= 0.3 is 0 Å². The molecule has 0 saturated heterocycles. The molecule has 0 fully saturated rings. The van der Waals surface area contributed by atoms with E-state index < -0.39 is 0 Å². The van der Waals surface area contributed by atoms with E-state index in [0.29, 0.717) is 38.9 Å². The van der Waals surface area contributed by atoms with Crippen LogP contribution in [0.4, 0.5) is 5.69 Å². The van der Waals surface area contributed by atoms with Crippen LogP contribution in [0.3, 0.4) is 0 Å². The van der Waals surface area contributed by atoms with Gasteiger partial charge in [0.05, 0.1) is 28.9 Å².